The maximum Gasteiger partial charge on any atom is 0.471 e. The molecule has 1 aromatic carbocycles. The molecule has 0 radical (unpaired) electrons. The van der Waals surface area contributed by atoms with Crippen LogP contribution >= 0.6 is 0 Å². The van der Waals surface area contributed by atoms with Gasteiger partial charge in [0.25, 0.3) is 0 Å². The number of carbonyl (C=O) groups is 1. The van der Waals surface area contributed by atoms with E-state index in [1.54, 1.807) is 25.3 Å². The zero-order valence-electron chi connectivity index (χ0n) is 16.3. The van der Waals surface area contributed by atoms with Gasteiger partial charge in [0.05, 0.1) is 0 Å². The topological polar surface area (TPSA) is 93.4 Å². The van der Waals surface area contributed by atoms with Crippen molar-refractivity contribution in [3.63, 3.8) is 0 Å². The van der Waals surface area contributed by atoms with E-state index in [0.717, 1.165) is 5.56 Å². The number of carbonyl (C=O) groups excluding carboxylic acids is 1. The van der Waals surface area contributed by atoms with Gasteiger partial charge in [-0.1, -0.05) is 11.2 Å². The summed E-state index contributed by atoms with van der Waals surface area (Å²) in [5.41, 5.74) is 2.07. The molecule has 0 aliphatic rings. The van der Waals surface area contributed by atoms with Crippen LogP contribution in [0.1, 0.15) is 17.0 Å². The molecule has 30 heavy (non-hydrogen) atoms. The van der Waals surface area contributed by atoms with Gasteiger partial charge in [0.15, 0.2) is 0 Å². The summed E-state index contributed by atoms with van der Waals surface area (Å²) in [6.45, 7) is 1.70. The number of hydrogen-bond acceptors (Lipinski definition) is 7. The number of aryl methyl sites for hydroxylation is 1. The van der Waals surface area contributed by atoms with Gasteiger partial charge in [-0.2, -0.15) is 18.2 Å². The molecule has 1 N–H and O–H groups in total. The summed E-state index contributed by atoms with van der Waals surface area (Å²) in [5.74, 6) is -0.940. The third-order valence-corrected chi connectivity index (χ3v) is 4.04. The Kier molecular flexibility index (Phi) is 5.90. The molecule has 2 aromatic heterocycles. The molecule has 1 amide bonds. The predicted molar refractivity (Wildman–Crippen MR) is 102 cm³/mol. The van der Waals surface area contributed by atoms with Crippen molar-refractivity contribution in [2.24, 2.45) is 0 Å². The van der Waals surface area contributed by atoms with Gasteiger partial charge in [-0.3, -0.25) is 5.32 Å². The van der Waals surface area contributed by atoms with Crippen molar-refractivity contribution in [3.8, 4) is 11.4 Å². The molecule has 0 saturated heterocycles. The molecule has 0 atom stereocenters. The fraction of sp³-hybridized carbons (Fsp3) is 0.263. The van der Waals surface area contributed by atoms with Gasteiger partial charge in [-0.05, 0) is 36.8 Å². The lowest BCUT2D eigenvalue weighted by Crippen LogP contribution is -2.17. The summed E-state index contributed by atoms with van der Waals surface area (Å²) in [7, 11) is 3.66. The van der Waals surface area contributed by atoms with Crippen molar-refractivity contribution < 1.29 is 27.2 Å². The third-order valence-electron chi connectivity index (χ3n) is 4.04. The van der Waals surface area contributed by atoms with Crippen LogP contribution in [0.5, 0.6) is 0 Å². The zero-order valence-corrected chi connectivity index (χ0v) is 16.3. The number of pyridine rings is 1. The minimum Gasteiger partial charge on any atom is -0.444 e. The number of ether oxygens (including phenoxy) is 1. The van der Waals surface area contributed by atoms with E-state index in [-0.39, 0.29) is 12.4 Å². The number of halogens is 3. The average Bonchev–Trinajstić information content (AvgIpc) is 3.19. The molecular weight excluding hydrogens is 403 g/mol. The summed E-state index contributed by atoms with van der Waals surface area (Å²) in [6, 6.07) is 8.07. The lowest BCUT2D eigenvalue weighted by molar-refractivity contribution is -0.159. The molecule has 3 rings (SSSR count). The molecular formula is C19H18F3N5O3. The highest BCUT2D eigenvalue weighted by Crippen LogP contribution is 2.30. The molecule has 8 nitrogen and oxygen atoms in total. The van der Waals surface area contributed by atoms with Crippen LogP contribution in [0, 0.1) is 6.92 Å². The summed E-state index contributed by atoms with van der Waals surface area (Å²) in [6.07, 6.45) is -3.75. The van der Waals surface area contributed by atoms with E-state index < -0.39 is 18.2 Å². The van der Waals surface area contributed by atoms with Crippen LogP contribution in [0.2, 0.25) is 0 Å². The van der Waals surface area contributed by atoms with Crippen LogP contribution < -0.4 is 10.2 Å². The van der Waals surface area contributed by atoms with Crippen LogP contribution in [0.15, 0.2) is 41.1 Å². The number of anilines is 2. The van der Waals surface area contributed by atoms with Crippen molar-refractivity contribution >= 4 is 17.6 Å². The molecule has 0 unspecified atom stereocenters. The first-order chi connectivity index (χ1) is 14.1. The summed E-state index contributed by atoms with van der Waals surface area (Å²) in [5, 5.41) is 5.94. The van der Waals surface area contributed by atoms with Crippen LogP contribution in [0.25, 0.3) is 11.4 Å². The van der Waals surface area contributed by atoms with Crippen LogP contribution in [0.4, 0.5) is 29.5 Å². The molecule has 0 aliphatic carbocycles. The number of nitrogens with zero attached hydrogens (tertiary/aromatic N) is 4. The van der Waals surface area contributed by atoms with E-state index in [0.29, 0.717) is 22.6 Å². The fourth-order valence-electron chi connectivity index (χ4n) is 2.63. The summed E-state index contributed by atoms with van der Waals surface area (Å²) >= 11 is 0. The second kappa shape index (κ2) is 8.39. The molecule has 0 fully saturated rings. The minimum absolute atomic E-state index is 0.0212. The van der Waals surface area contributed by atoms with E-state index in [1.165, 1.54) is 18.2 Å². The Morgan fingerprint density at radius 1 is 1.27 bits per heavy atom. The van der Waals surface area contributed by atoms with Gasteiger partial charge in [0.2, 0.25) is 5.82 Å². The second-order valence-corrected chi connectivity index (χ2v) is 6.53. The van der Waals surface area contributed by atoms with Crippen molar-refractivity contribution in [2.75, 3.05) is 24.3 Å². The Balaban J connectivity index is 1.66. The standard InChI is InChI=1S/C19H18F3N5O3/c1-11-9-12(15-25-17(30-26-15)19(20,21)22)6-7-14(11)24-18(28)29-10-13-5-4-8-23-16(13)27(2)3/h4-9H,10H2,1-3H3,(H,24,28). The highest BCUT2D eigenvalue weighted by atomic mass is 19.4. The van der Waals surface area contributed by atoms with Gasteiger partial charge in [-0.15, -0.1) is 0 Å². The van der Waals surface area contributed by atoms with Crippen molar-refractivity contribution in [3.05, 3.63) is 53.5 Å². The predicted octanol–water partition coefficient (Wildman–Crippen LogP) is 4.27. The smallest absolute Gasteiger partial charge is 0.444 e. The van der Waals surface area contributed by atoms with E-state index in [9.17, 15) is 18.0 Å². The normalized spacial score (nSPS) is 11.3. The number of alkyl halides is 3. The molecule has 0 aliphatic heterocycles. The molecule has 2 heterocycles. The summed E-state index contributed by atoms with van der Waals surface area (Å²) in [4.78, 5) is 21.5. The number of rotatable bonds is 5. The molecule has 0 spiro atoms. The number of nitrogens with one attached hydrogen (secondary N) is 1. The number of hydrogen-bond donors (Lipinski definition) is 1. The first kappa shape index (κ1) is 21.1. The number of benzene rings is 1. The van der Waals surface area contributed by atoms with Crippen LogP contribution in [-0.4, -0.2) is 35.3 Å². The highest BCUT2D eigenvalue weighted by Gasteiger charge is 2.38. The molecule has 0 bridgehead atoms. The number of amides is 1. The lowest BCUT2D eigenvalue weighted by atomic mass is 10.1. The lowest BCUT2D eigenvalue weighted by Gasteiger charge is -2.16. The first-order valence-electron chi connectivity index (χ1n) is 8.72. The molecule has 158 valence electrons. The van der Waals surface area contributed by atoms with Gasteiger partial charge in [0.1, 0.15) is 12.4 Å². The quantitative estimate of drug-likeness (QED) is 0.657. The SMILES string of the molecule is Cc1cc(-c2noc(C(F)(F)F)n2)ccc1NC(=O)OCc1cccnc1N(C)C. The van der Waals surface area contributed by atoms with E-state index >= 15 is 0 Å². The zero-order chi connectivity index (χ0) is 21.9. The van der Waals surface area contributed by atoms with Crippen molar-refractivity contribution in [1.29, 1.82) is 0 Å². The Morgan fingerprint density at radius 2 is 2.03 bits per heavy atom. The molecule has 11 heteroatoms. The highest BCUT2D eigenvalue weighted by molar-refractivity contribution is 5.86. The first-order valence-corrected chi connectivity index (χ1v) is 8.72. The van der Waals surface area contributed by atoms with Gasteiger partial charge >= 0.3 is 18.2 Å². The second-order valence-electron chi connectivity index (χ2n) is 6.53. The van der Waals surface area contributed by atoms with E-state index in [2.05, 4.69) is 25.0 Å². The Hall–Kier alpha value is -3.63. The molecule has 0 saturated carbocycles. The van der Waals surface area contributed by atoms with Crippen LogP contribution in [-0.2, 0) is 17.5 Å². The fourth-order valence-corrected chi connectivity index (χ4v) is 2.63. The average molecular weight is 421 g/mol. The minimum atomic E-state index is -4.72. The van der Waals surface area contributed by atoms with Crippen molar-refractivity contribution in [2.45, 2.75) is 19.7 Å². The third kappa shape index (κ3) is 4.85. The van der Waals surface area contributed by atoms with Gasteiger partial charge < -0.3 is 14.2 Å². The van der Waals surface area contributed by atoms with Gasteiger partial charge in [0, 0.05) is 37.1 Å². The van der Waals surface area contributed by atoms with Crippen LogP contribution in [0.3, 0.4) is 0 Å². The molecule has 3 aromatic rings. The largest absolute Gasteiger partial charge is 0.471 e. The summed E-state index contributed by atoms with van der Waals surface area (Å²) < 4.78 is 47.3. The monoisotopic (exact) mass is 421 g/mol. The maximum atomic E-state index is 12.6. The van der Waals surface area contributed by atoms with Crippen molar-refractivity contribution in [1.82, 2.24) is 15.1 Å². The van der Waals surface area contributed by atoms with E-state index in [1.807, 2.05) is 19.0 Å². The number of aromatic nitrogens is 3. The maximum absolute atomic E-state index is 12.6. The Bertz CT molecular complexity index is 1050. The Morgan fingerprint density at radius 3 is 2.67 bits per heavy atom. The van der Waals surface area contributed by atoms with E-state index in [4.69, 9.17) is 4.74 Å². The van der Waals surface area contributed by atoms with Gasteiger partial charge in [-0.25, -0.2) is 9.78 Å². The Labute approximate surface area is 169 Å².